The third-order valence-electron chi connectivity index (χ3n) is 4.22. The molecular formula is C17H18N4O4. The Kier molecular flexibility index (Phi) is 4.10. The van der Waals surface area contributed by atoms with E-state index in [9.17, 15) is 4.79 Å². The standard InChI is InChI=1S/C17H18N4O4/c18-16(22)12-9-19-17(21-3-5-23-6-4-21)20-13(12)7-11-1-2-14-15(8-11)25-10-24-14/h1-2,8-9H,3-7,10H2,(H2,18,22). The summed E-state index contributed by atoms with van der Waals surface area (Å²) >= 11 is 0. The van der Waals surface area contributed by atoms with Gasteiger partial charge in [-0.25, -0.2) is 9.97 Å². The second-order valence-corrected chi connectivity index (χ2v) is 5.86. The molecule has 0 aliphatic carbocycles. The number of fused-ring (bicyclic) bond motifs is 1. The van der Waals surface area contributed by atoms with Crippen molar-refractivity contribution in [2.75, 3.05) is 38.0 Å². The third-order valence-corrected chi connectivity index (χ3v) is 4.22. The van der Waals surface area contributed by atoms with Crippen molar-refractivity contribution in [1.29, 1.82) is 0 Å². The van der Waals surface area contributed by atoms with E-state index in [0.717, 1.165) is 24.4 Å². The number of ether oxygens (including phenoxy) is 3. The lowest BCUT2D eigenvalue weighted by atomic mass is 10.1. The molecule has 1 aromatic heterocycles. The monoisotopic (exact) mass is 342 g/mol. The molecule has 8 nitrogen and oxygen atoms in total. The number of primary amides is 1. The van der Waals surface area contributed by atoms with Gasteiger partial charge < -0.3 is 24.8 Å². The fourth-order valence-corrected chi connectivity index (χ4v) is 2.91. The molecule has 2 aliphatic rings. The zero-order valence-corrected chi connectivity index (χ0v) is 13.6. The quantitative estimate of drug-likeness (QED) is 0.874. The van der Waals surface area contributed by atoms with Gasteiger partial charge in [-0.2, -0.15) is 0 Å². The number of hydrogen-bond donors (Lipinski definition) is 1. The first kappa shape index (κ1) is 15.6. The average molecular weight is 342 g/mol. The van der Waals surface area contributed by atoms with Gasteiger partial charge in [-0.15, -0.1) is 0 Å². The van der Waals surface area contributed by atoms with Crippen molar-refractivity contribution in [3.63, 3.8) is 0 Å². The normalized spacial score (nSPS) is 16.1. The summed E-state index contributed by atoms with van der Waals surface area (Å²) in [6, 6.07) is 5.67. The van der Waals surface area contributed by atoms with Gasteiger partial charge in [-0.1, -0.05) is 6.07 Å². The Morgan fingerprint density at radius 1 is 1.20 bits per heavy atom. The molecule has 2 aliphatic heterocycles. The van der Waals surface area contributed by atoms with Crippen LogP contribution in [0.25, 0.3) is 0 Å². The molecule has 0 radical (unpaired) electrons. The van der Waals surface area contributed by atoms with E-state index < -0.39 is 5.91 Å². The number of carbonyl (C=O) groups is 1. The fourth-order valence-electron chi connectivity index (χ4n) is 2.91. The fraction of sp³-hybridized carbons (Fsp3) is 0.353. The van der Waals surface area contributed by atoms with Crippen molar-refractivity contribution in [2.24, 2.45) is 5.73 Å². The third kappa shape index (κ3) is 3.20. The van der Waals surface area contributed by atoms with Crippen molar-refractivity contribution >= 4 is 11.9 Å². The van der Waals surface area contributed by atoms with Crippen molar-refractivity contribution in [3.05, 3.63) is 41.2 Å². The Morgan fingerprint density at radius 3 is 2.80 bits per heavy atom. The largest absolute Gasteiger partial charge is 0.454 e. The van der Waals surface area contributed by atoms with E-state index >= 15 is 0 Å². The highest BCUT2D eigenvalue weighted by molar-refractivity contribution is 5.93. The minimum absolute atomic E-state index is 0.222. The first-order chi connectivity index (χ1) is 12.2. The molecule has 0 spiro atoms. The smallest absolute Gasteiger partial charge is 0.252 e. The number of carbonyl (C=O) groups excluding carboxylic acids is 1. The van der Waals surface area contributed by atoms with Crippen molar-refractivity contribution in [1.82, 2.24) is 9.97 Å². The van der Waals surface area contributed by atoms with Gasteiger partial charge in [0.05, 0.1) is 24.5 Å². The lowest BCUT2D eigenvalue weighted by Gasteiger charge is -2.27. The molecule has 130 valence electrons. The van der Waals surface area contributed by atoms with Crippen molar-refractivity contribution in [3.8, 4) is 11.5 Å². The van der Waals surface area contributed by atoms with E-state index in [1.54, 1.807) is 0 Å². The van der Waals surface area contributed by atoms with E-state index in [0.29, 0.717) is 42.6 Å². The number of morpholine rings is 1. The highest BCUT2D eigenvalue weighted by Crippen LogP contribution is 2.33. The Balaban J connectivity index is 1.65. The van der Waals surface area contributed by atoms with E-state index in [1.165, 1.54) is 6.20 Å². The lowest BCUT2D eigenvalue weighted by molar-refractivity contribution is 0.0998. The van der Waals surface area contributed by atoms with Crippen LogP contribution in [0.1, 0.15) is 21.6 Å². The number of hydrogen-bond acceptors (Lipinski definition) is 7. The second kappa shape index (κ2) is 6.56. The predicted molar refractivity (Wildman–Crippen MR) is 89.0 cm³/mol. The molecule has 0 atom stereocenters. The van der Waals surface area contributed by atoms with E-state index in [1.807, 2.05) is 23.1 Å². The molecule has 8 heteroatoms. The number of anilines is 1. The maximum absolute atomic E-state index is 11.8. The number of nitrogens with two attached hydrogens (primary N) is 1. The predicted octanol–water partition coefficient (Wildman–Crippen LogP) is 0.732. The summed E-state index contributed by atoms with van der Waals surface area (Å²) in [6.07, 6.45) is 1.96. The van der Waals surface area contributed by atoms with Gasteiger partial charge in [-0.3, -0.25) is 4.79 Å². The summed E-state index contributed by atoms with van der Waals surface area (Å²) in [5.41, 5.74) is 7.37. The van der Waals surface area contributed by atoms with Crippen LogP contribution in [0.2, 0.25) is 0 Å². The van der Waals surface area contributed by atoms with Crippen LogP contribution in [0.4, 0.5) is 5.95 Å². The lowest BCUT2D eigenvalue weighted by Crippen LogP contribution is -2.37. The zero-order chi connectivity index (χ0) is 17.2. The average Bonchev–Trinajstić information content (AvgIpc) is 3.10. The van der Waals surface area contributed by atoms with Gasteiger partial charge in [0.15, 0.2) is 11.5 Å². The Hall–Kier alpha value is -2.87. The molecule has 25 heavy (non-hydrogen) atoms. The number of amides is 1. The Bertz CT molecular complexity index is 805. The second-order valence-electron chi connectivity index (χ2n) is 5.86. The van der Waals surface area contributed by atoms with Gasteiger partial charge in [0.1, 0.15) is 0 Å². The van der Waals surface area contributed by atoms with Crippen LogP contribution in [-0.4, -0.2) is 49.0 Å². The number of aromatic nitrogens is 2. The maximum atomic E-state index is 11.8. The molecule has 0 bridgehead atoms. The van der Waals surface area contributed by atoms with Gasteiger partial charge in [-0.05, 0) is 17.7 Å². The van der Waals surface area contributed by atoms with Crippen molar-refractivity contribution < 1.29 is 19.0 Å². The molecule has 2 N–H and O–H groups in total. The van der Waals surface area contributed by atoms with Crippen LogP contribution < -0.4 is 20.1 Å². The van der Waals surface area contributed by atoms with Gasteiger partial charge in [0.25, 0.3) is 5.91 Å². The first-order valence-electron chi connectivity index (χ1n) is 8.07. The highest BCUT2D eigenvalue weighted by atomic mass is 16.7. The Morgan fingerprint density at radius 2 is 2.00 bits per heavy atom. The zero-order valence-electron chi connectivity index (χ0n) is 13.6. The van der Waals surface area contributed by atoms with Gasteiger partial charge in [0.2, 0.25) is 12.7 Å². The van der Waals surface area contributed by atoms with E-state index in [4.69, 9.17) is 19.9 Å². The molecule has 0 unspecified atom stereocenters. The minimum Gasteiger partial charge on any atom is -0.454 e. The molecule has 1 fully saturated rings. The molecule has 4 rings (SSSR count). The van der Waals surface area contributed by atoms with Crippen LogP contribution in [0, 0.1) is 0 Å². The van der Waals surface area contributed by atoms with Crippen LogP contribution in [0.15, 0.2) is 24.4 Å². The SMILES string of the molecule is NC(=O)c1cnc(N2CCOCC2)nc1Cc1ccc2c(c1)OCO2. The molecule has 3 heterocycles. The summed E-state index contributed by atoms with van der Waals surface area (Å²) in [5.74, 6) is 1.46. The van der Waals surface area contributed by atoms with Crippen LogP contribution in [0.5, 0.6) is 11.5 Å². The topological polar surface area (TPSA) is 99.8 Å². The summed E-state index contributed by atoms with van der Waals surface area (Å²) in [7, 11) is 0. The molecule has 2 aromatic rings. The van der Waals surface area contributed by atoms with Gasteiger partial charge >= 0.3 is 0 Å². The van der Waals surface area contributed by atoms with E-state index in [2.05, 4.69) is 9.97 Å². The highest BCUT2D eigenvalue weighted by Gasteiger charge is 2.19. The molecule has 1 amide bonds. The number of nitrogens with zero attached hydrogens (tertiary/aromatic N) is 3. The van der Waals surface area contributed by atoms with E-state index in [-0.39, 0.29) is 6.79 Å². The van der Waals surface area contributed by atoms with Crippen molar-refractivity contribution in [2.45, 2.75) is 6.42 Å². The van der Waals surface area contributed by atoms with Gasteiger partial charge in [0, 0.05) is 25.7 Å². The summed E-state index contributed by atoms with van der Waals surface area (Å²) in [5, 5.41) is 0. The first-order valence-corrected chi connectivity index (χ1v) is 8.07. The Labute approximate surface area is 144 Å². The number of rotatable bonds is 4. The number of benzene rings is 1. The van der Waals surface area contributed by atoms with Crippen LogP contribution in [0.3, 0.4) is 0 Å². The van der Waals surface area contributed by atoms with Crippen LogP contribution in [-0.2, 0) is 11.2 Å². The molecule has 0 saturated carbocycles. The summed E-state index contributed by atoms with van der Waals surface area (Å²) < 4.78 is 16.1. The molecule has 1 aromatic carbocycles. The summed E-state index contributed by atoms with van der Waals surface area (Å²) in [6.45, 7) is 2.94. The van der Waals surface area contributed by atoms with Crippen LogP contribution >= 0.6 is 0 Å². The minimum atomic E-state index is -0.538. The molecular weight excluding hydrogens is 324 g/mol. The molecule has 1 saturated heterocycles. The maximum Gasteiger partial charge on any atom is 0.252 e. The summed E-state index contributed by atoms with van der Waals surface area (Å²) in [4.78, 5) is 22.7.